The van der Waals surface area contributed by atoms with Gasteiger partial charge in [-0.05, 0) is 43.5 Å². The quantitative estimate of drug-likeness (QED) is 0.613. The molecule has 0 heterocycles. The summed E-state index contributed by atoms with van der Waals surface area (Å²) in [5, 5.41) is 16.7. The van der Waals surface area contributed by atoms with Crippen LogP contribution in [0.1, 0.15) is 41.7 Å². The number of benzene rings is 2. The topological polar surface area (TPSA) is 101 Å². The molecular formula is C19H19N3O4. The molecule has 2 N–H and O–H groups in total. The average molecular weight is 353 g/mol. The Labute approximate surface area is 150 Å². The van der Waals surface area contributed by atoms with Gasteiger partial charge in [-0.25, -0.2) is 0 Å². The predicted molar refractivity (Wildman–Crippen MR) is 96.8 cm³/mol. The van der Waals surface area contributed by atoms with Gasteiger partial charge in [0.25, 0.3) is 11.6 Å². The molecule has 1 atom stereocenters. The molecule has 0 saturated heterocycles. The number of nitrogens with one attached hydrogen (secondary N) is 2. The first kappa shape index (κ1) is 17.6. The maximum absolute atomic E-state index is 12.4. The molecule has 7 nitrogen and oxygen atoms in total. The van der Waals surface area contributed by atoms with Crippen molar-refractivity contribution in [3.05, 3.63) is 69.8 Å². The lowest BCUT2D eigenvalue weighted by molar-refractivity contribution is -0.385. The summed E-state index contributed by atoms with van der Waals surface area (Å²) in [4.78, 5) is 34.6. The van der Waals surface area contributed by atoms with E-state index in [0.29, 0.717) is 5.69 Å². The Hall–Kier alpha value is -3.22. The van der Waals surface area contributed by atoms with Crippen LogP contribution in [0.5, 0.6) is 0 Å². The van der Waals surface area contributed by atoms with Crippen LogP contribution in [-0.2, 0) is 4.79 Å². The van der Waals surface area contributed by atoms with E-state index in [4.69, 9.17) is 0 Å². The first-order valence-electron chi connectivity index (χ1n) is 8.41. The molecule has 1 saturated carbocycles. The van der Waals surface area contributed by atoms with E-state index in [1.165, 1.54) is 18.2 Å². The van der Waals surface area contributed by atoms with Gasteiger partial charge in [-0.2, -0.15) is 0 Å². The number of para-hydroxylation sites is 1. The summed E-state index contributed by atoms with van der Waals surface area (Å²) in [7, 11) is 0. The average Bonchev–Trinajstić information content (AvgIpc) is 3.47. The number of carbonyl (C=O) groups excluding carboxylic acids is 2. The second-order valence-electron chi connectivity index (χ2n) is 6.35. The van der Waals surface area contributed by atoms with Gasteiger partial charge in [0.1, 0.15) is 5.56 Å². The molecule has 0 spiro atoms. The Kier molecular flexibility index (Phi) is 4.97. The van der Waals surface area contributed by atoms with E-state index in [0.717, 1.165) is 18.4 Å². The molecule has 2 amide bonds. The normalized spacial score (nSPS) is 14.3. The van der Waals surface area contributed by atoms with E-state index >= 15 is 0 Å². The van der Waals surface area contributed by atoms with Gasteiger partial charge < -0.3 is 10.6 Å². The summed E-state index contributed by atoms with van der Waals surface area (Å²) in [5.74, 6) is -0.332. The molecule has 0 radical (unpaired) electrons. The Morgan fingerprint density at radius 2 is 1.77 bits per heavy atom. The summed E-state index contributed by atoms with van der Waals surface area (Å²) in [6.45, 7) is 1.80. The lowest BCUT2D eigenvalue weighted by Crippen LogP contribution is -2.27. The molecule has 0 bridgehead atoms. The van der Waals surface area contributed by atoms with Gasteiger partial charge in [0.15, 0.2) is 0 Å². The summed E-state index contributed by atoms with van der Waals surface area (Å²) < 4.78 is 0. The third-order valence-electron chi connectivity index (χ3n) is 4.32. The third-order valence-corrected chi connectivity index (χ3v) is 4.32. The molecule has 2 aromatic rings. The SMILES string of the molecule is CC(NC(=O)c1ccccc1[N+](=O)[O-])c1ccc(NC(=O)C2CC2)cc1. The maximum Gasteiger partial charge on any atom is 0.282 e. The highest BCUT2D eigenvalue weighted by Crippen LogP contribution is 2.30. The van der Waals surface area contributed by atoms with Gasteiger partial charge in [0.2, 0.25) is 5.91 Å². The Morgan fingerprint density at radius 1 is 1.12 bits per heavy atom. The van der Waals surface area contributed by atoms with Crippen LogP contribution in [0.3, 0.4) is 0 Å². The second-order valence-corrected chi connectivity index (χ2v) is 6.35. The first-order valence-corrected chi connectivity index (χ1v) is 8.41. The number of nitro benzene ring substituents is 1. The summed E-state index contributed by atoms with van der Waals surface area (Å²) >= 11 is 0. The van der Waals surface area contributed by atoms with Crippen LogP contribution in [0.2, 0.25) is 0 Å². The van der Waals surface area contributed by atoms with Gasteiger partial charge >= 0.3 is 0 Å². The van der Waals surface area contributed by atoms with Crippen molar-refractivity contribution in [2.24, 2.45) is 5.92 Å². The van der Waals surface area contributed by atoms with Crippen LogP contribution < -0.4 is 10.6 Å². The van der Waals surface area contributed by atoms with E-state index in [-0.39, 0.29) is 29.1 Å². The fourth-order valence-electron chi connectivity index (χ4n) is 2.63. The van der Waals surface area contributed by atoms with Crippen LogP contribution in [0, 0.1) is 16.0 Å². The summed E-state index contributed by atoms with van der Waals surface area (Å²) in [6.07, 6.45) is 1.89. The van der Waals surface area contributed by atoms with Crippen molar-refractivity contribution in [2.45, 2.75) is 25.8 Å². The lowest BCUT2D eigenvalue weighted by Gasteiger charge is -2.15. The predicted octanol–water partition coefficient (Wildman–Crippen LogP) is 3.43. The molecule has 0 aromatic heterocycles. The molecule has 134 valence electrons. The molecule has 7 heteroatoms. The highest BCUT2D eigenvalue weighted by atomic mass is 16.6. The van der Waals surface area contributed by atoms with Crippen LogP contribution in [-0.4, -0.2) is 16.7 Å². The van der Waals surface area contributed by atoms with E-state index in [9.17, 15) is 19.7 Å². The molecular weight excluding hydrogens is 334 g/mol. The zero-order valence-electron chi connectivity index (χ0n) is 14.3. The van der Waals surface area contributed by atoms with Crippen LogP contribution in [0.4, 0.5) is 11.4 Å². The van der Waals surface area contributed by atoms with Crippen molar-refractivity contribution in [3.63, 3.8) is 0 Å². The Balaban J connectivity index is 1.66. The molecule has 1 fully saturated rings. The molecule has 26 heavy (non-hydrogen) atoms. The van der Waals surface area contributed by atoms with Crippen LogP contribution in [0.15, 0.2) is 48.5 Å². The minimum absolute atomic E-state index is 0.0256. The zero-order chi connectivity index (χ0) is 18.7. The number of carbonyl (C=O) groups is 2. The molecule has 0 aliphatic heterocycles. The highest BCUT2D eigenvalue weighted by Gasteiger charge is 2.29. The molecule has 1 aliphatic rings. The van der Waals surface area contributed by atoms with E-state index in [2.05, 4.69) is 10.6 Å². The number of nitrogens with zero attached hydrogens (tertiary/aromatic N) is 1. The lowest BCUT2D eigenvalue weighted by atomic mass is 10.1. The fraction of sp³-hybridized carbons (Fsp3) is 0.263. The van der Waals surface area contributed by atoms with E-state index in [1.54, 1.807) is 25.1 Å². The van der Waals surface area contributed by atoms with Crippen molar-refractivity contribution >= 4 is 23.2 Å². The first-order chi connectivity index (χ1) is 12.5. The number of hydrogen-bond donors (Lipinski definition) is 2. The summed E-state index contributed by atoms with van der Waals surface area (Å²) in [6, 6.07) is 12.7. The van der Waals surface area contributed by atoms with Gasteiger partial charge in [0, 0.05) is 17.7 Å². The molecule has 1 aliphatic carbocycles. The summed E-state index contributed by atoms with van der Waals surface area (Å²) in [5.41, 5.74) is 1.34. The Bertz CT molecular complexity index is 844. The Morgan fingerprint density at radius 3 is 2.38 bits per heavy atom. The van der Waals surface area contributed by atoms with Crippen LogP contribution in [0.25, 0.3) is 0 Å². The fourth-order valence-corrected chi connectivity index (χ4v) is 2.63. The van der Waals surface area contributed by atoms with Crippen LogP contribution >= 0.6 is 0 Å². The van der Waals surface area contributed by atoms with Crippen molar-refractivity contribution in [1.82, 2.24) is 5.32 Å². The van der Waals surface area contributed by atoms with E-state index < -0.39 is 10.8 Å². The number of nitro groups is 1. The molecule has 1 unspecified atom stereocenters. The number of anilines is 1. The number of hydrogen-bond acceptors (Lipinski definition) is 4. The van der Waals surface area contributed by atoms with Crippen molar-refractivity contribution in [2.75, 3.05) is 5.32 Å². The van der Waals surface area contributed by atoms with Gasteiger partial charge in [-0.3, -0.25) is 19.7 Å². The van der Waals surface area contributed by atoms with Crippen molar-refractivity contribution in [1.29, 1.82) is 0 Å². The van der Waals surface area contributed by atoms with Crippen molar-refractivity contribution in [3.8, 4) is 0 Å². The standard InChI is InChI=1S/C19H19N3O4/c1-12(20-19(24)16-4-2-3-5-17(16)22(25)26)13-8-10-15(11-9-13)21-18(23)14-6-7-14/h2-5,8-12,14H,6-7H2,1H3,(H,20,24)(H,21,23). The smallest absolute Gasteiger partial charge is 0.282 e. The third kappa shape index (κ3) is 4.05. The van der Waals surface area contributed by atoms with E-state index in [1.807, 2.05) is 12.1 Å². The van der Waals surface area contributed by atoms with Gasteiger partial charge in [0.05, 0.1) is 11.0 Å². The molecule has 3 rings (SSSR count). The largest absolute Gasteiger partial charge is 0.345 e. The second kappa shape index (κ2) is 7.35. The van der Waals surface area contributed by atoms with Gasteiger partial charge in [-0.15, -0.1) is 0 Å². The van der Waals surface area contributed by atoms with Gasteiger partial charge in [-0.1, -0.05) is 24.3 Å². The minimum atomic E-state index is -0.572. The minimum Gasteiger partial charge on any atom is -0.345 e. The number of amides is 2. The zero-order valence-corrected chi connectivity index (χ0v) is 14.3. The van der Waals surface area contributed by atoms with Crippen molar-refractivity contribution < 1.29 is 14.5 Å². The monoisotopic (exact) mass is 353 g/mol. The maximum atomic E-state index is 12.4. The highest BCUT2D eigenvalue weighted by molar-refractivity contribution is 5.98. The number of rotatable bonds is 6. The molecule has 2 aromatic carbocycles.